The SMILES string of the molecule is C[C@H]1[C@H]([B][C@H]2CCC[C@@H]2c2ccccc2)C[C@H]2C[C@@H]1C2(C)C. The predicted octanol–water partition coefficient (Wildman–Crippen LogP) is 5.94. The molecule has 0 aliphatic heterocycles. The quantitative estimate of drug-likeness (QED) is 0.605. The summed E-state index contributed by atoms with van der Waals surface area (Å²) < 4.78 is 0. The molecule has 1 aromatic rings. The molecule has 4 aliphatic carbocycles. The van der Waals surface area contributed by atoms with Gasteiger partial charge in [-0.05, 0) is 47.5 Å². The molecule has 0 nitrogen and oxygen atoms in total. The molecule has 0 aromatic heterocycles. The zero-order chi connectivity index (χ0) is 15.3. The Labute approximate surface area is 137 Å². The van der Waals surface area contributed by atoms with Gasteiger partial charge in [-0.15, -0.1) is 0 Å². The molecule has 0 heterocycles. The summed E-state index contributed by atoms with van der Waals surface area (Å²) in [6.45, 7) is 7.57. The molecule has 117 valence electrons. The van der Waals surface area contributed by atoms with E-state index in [1.165, 1.54) is 32.1 Å². The molecule has 2 bridgehead atoms. The summed E-state index contributed by atoms with van der Waals surface area (Å²) in [4.78, 5) is 0. The van der Waals surface area contributed by atoms with E-state index in [0.29, 0.717) is 5.41 Å². The van der Waals surface area contributed by atoms with Gasteiger partial charge in [-0.1, -0.05) is 82.0 Å². The smallest absolute Gasteiger partial charge is 0.0655 e. The van der Waals surface area contributed by atoms with Crippen LogP contribution in [0.15, 0.2) is 30.3 Å². The highest BCUT2D eigenvalue weighted by Crippen LogP contribution is 2.65. The summed E-state index contributed by atoms with van der Waals surface area (Å²) in [5.74, 6) is 5.37. The van der Waals surface area contributed by atoms with E-state index in [1.54, 1.807) is 5.56 Å². The van der Waals surface area contributed by atoms with Gasteiger partial charge >= 0.3 is 0 Å². The van der Waals surface area contributed by atoms with E-state index in [0.717, 1.165) is 35.3 Å². The van der Waals surface area contributed by atoms with Crippen molar-refractivity contribution in [1.29, 1.82) is 0 Å². The molecular weight excluding hydrogens is 263 g/mol. The van der Waals surface area contributed by atoms with E-state index < -0.39 is 0 Å². The summed E-state index contributed by atoms with van der Waals surface area (Å²) >= 11 is 0. The molecule has 4 fully saturated rings. The number of hydrogen-bond acceptors (Lipinski definition) is 0. The first kappa shape index (κ1) is 14.9. The Morgan fingerprint density at radius 1 is 1.00 bits per heavy atom. The molecule has 1 radical (unpaired) electrons. The van der Waals surface area contributed by atoms with Crippen LogP contribution in [0.4, 0.5) is 0 Å². The average molecular weight is 293 g/mol. The number of benzene rings is 1. The van der Waals surface area contributed by atoms with Crippen LogP contribution in [0.3, 0.4) is 0 Å². The number of fused-ring (bicyclic) bond motifs is 2. The van der Waals surface area contributed by atoms with E-state index in [4.69, 9.17) is 0 Å². The van der Waals surface area contributed by atoms with Gasteiger partial charge in [0.1, 0.15) is 7.28 Å². The summed E-state index contributed by atoms with van der Waals surface area (Å²) in [6, 6.07) is 11.3. The van der Waals surface area contributed by atoms with Gasteiger partial charge in [0.05, 0.1) is 0 Å². The average Bonchev–Trinajstić information content (AvgIpc) is 2.97. The molecular formula is C21H30B. The first-order valence-corrected chi connectivity index (χ1v) is 9.47. The molecule has 22 heavy (non-hydrogen) atoms. The fourth-order valence-electron chi connectivity index (χ4n) is 6.09. The second kappa shape index (κ2) is 5.43. The predicted molar refractivity (Wildman–Crippen MR) is 95.4 cm³/mol. The molecule has 0 saturated heterocycles. The maximum absolute atomic E-state index is 2.81. The van der Waals surface area contributed by atoms with E-state index in [-0.39, 0.29) is 0 Å². The van der Waals surface area contributed by atoms with Gasteiger partial charge in [0.25, 0.3) is 0 Å². The molecule has 4 saturated carbocycles. The molecule has 0 N–H and O–H groups in total. The minimum atomic E-state index is 0.623. The molecule has 4 aliphatic rings. The van der Waals surface area contributed by atoms with Gasteiger partial charge in [-0.3, -0.25) is 0 Å². The highest BCUT2D eigenvalue weighted by molar-refractivity contribution is 6.40. The second-order valence-electron chi connectivity index (χ2n) is 8.92. The van der Waals surface area contributed by atoms with Gasteiger partial charge < -0.3 is 0 Å². The lowest BCUT2D eigenvalue weighted by atomic mass is 9.35. The summed E-state index contributed by atoms with van der Waals surface area (Å²) in [5.41, 5.74) is 2.20. The number of hydrogen-bond donors (Lipinski definition) is 0. The molecule has 0 unspecified atom stereocenters. The summed E-state index contributed by atoms with van der Waals surface area (Å²) in [6.07, 6.45) is 7.19. The van der Waals surface area contributed by atoms with Crippen LogP contribution in [0.1, 0.15) is 64.4 Å². The lowest BCUT2D eigenvalue weighted by molar-refractivity contribution is -0.0987. The van der Waals surface area contributed by atoms with Crippen molar-refractivity contribution in [2.45, 2.75) is 70.4 Å². The van der Waals surface area contributed by atoms with E-state index in [2.05, 4.69) is 58.4 Å². The Hall–Kier alpha value is -0.715. The van der Waals surface area contributed by atoms with Gasteiger partial charge in [0, 0.05) is 0 Å². The van der Waals surface area contributed by atoms with Crippen molar-refractivity contribution in [3.05, 3.63) is 35.9 Å². The molecule has 5 rings (SSSR count). The molecule has 1 heteroatoms. The Morgan fingerprint density at radius 2 is 1.77 bits per heavy atom. The minimum absolute atomic E-state index is 0.623. The maximum Gasteiger partial charge on any atom is 0.118 e. The summed E-state index contributed by atoms with van der Waals surface area (Å²) in [7, 11) is 2.81. The number of rotatable bonds is 3. The van der Waals surface area contributed by atoms with Gasteiger partial charge in [-0.2, -0.15) is 0 Å². The Balaban J connectivity index is 1.45. The fraction of sp³-hybridized carbons (Fsp3) is 0.714. The van der Waals surface area contributed by atoms with Crippen molar-refractivity contribution < 1.29 is 0 Å². The summed E-state index contributed by atoms with van der Waals surface area (Å²) in [5, 5.41) is 0. The van der Waals surface area contributed by atoms with Crippen LogP contribution in [0.25, 0.3) is 0 Å². The largest absolute Gasteiger partial charge is 0.118 e. The van der Waals surface area contributed by atoms with Crippen LogP contribution in [-0.2, 0) is 0 Å². The highest BCUT2D eigenvalue weighted by atomic mass is 14.6. The van der Waals surface area contributed by atoms with Crippen LogP contribution in [0, 0.1) is 23.2 Å². The molecule has 0 amide bonds. The van der Waals surface area contributed by atoms with Gasteiger partial charge in [0.15, 0.2) is 0 Å². The zero-order valence-electron chi connectivity index (χ0n) is 14.5. The van der Waals surface area contributed by atoms with Crippen LogP contribution in [0.5, 0.6) is 0 Å². The molecule has 0 spiro atoms. The molecule has 6 atom stereocenters. The molecule has 1 aromatic carbocycles. The van der Waals surface area contributed by atoms with E-state index in [9.17, 15) is 0 Å². The third-order valence-corrected chi connectivity index (χ3v) is 7.70. The monoisotopic (exact) mass is 293 g/mol. The van der Waals surface area contributed by atoms with Crippen molar-refractivity contribution >= 4 is 7.28 Å². The third-order valence-electron chi connectivity index (χ3n) is 7.70. The third kappa shape index (κ3) is 2.27. The first-order chi connectivity index (χ1) is 10.6. The van der Waals surface area contributed by atoms with Crippen LogP contribution in [0.2, 0.25) is 11.6 Å². The van der Waals surface area contributed by atoms with Crippen molar-refractivity contribution in [1.82, 2.24) is 0 Å². The van der Waals surface area contributed by atoms with Crippen molar-refractivity contribution in [2.75, 3.05) is 0 Å². The fourth-order valence-corrected chi connectivity index (χ4v) is 6.09. The standard InChI is InChI=1S/C21H30B/c1-14-18-12-16(21(18,2)3)13-20(14)22-19-11-7-10-17(19)15-8-5-4-6-9-15/h4-6,8-9,14,16-20H,7,10-13H2,1-3H3/t14-,16-,17-,18+,19+,20-/m1/s1. The van der Waals surface area contributed by atoms with E-state index >= 15 is 0 Å². The Morgan fingerprint density at radius 3 is 2.45 bits per heavy atom. The maximum atomic E-state index is 2.81. The lowest BCUT2D eigenvalue weighted by Crippen LogP contribution is -2.54. The van der Waals surface area contributed by atoms with Crippen molar-refractivity contribution in [3.8, 4) is 0 Å². The normalized spacial score (nSPS) is 42.7. The second-order valence-corrected chi connectivity index (χ2v) is 8.92. The van der Waals surface area contributed by atoms with E-state index in [1.807, 2.05) is 0 Å². The van der Waals surface area contributed by atoms with Crippen LogP contribution < -0.4 is 0 Å². The Kier molecular flexibility index (Phi) is 3.66. The van der Waals surface area contributed by atoms with Crippen molar-refractivity contribution in [3.63, 3.8) is 0 Å². The lowest BCUT2D eigenvalue weighted by Gasteiger charge is -2.62. The van der Waals surface area contributed by atoms with Crippen LogP contribution in [-0.4, -0.2) is 7.28 Å². The van der Waals surface area contributed by atoms with Gasteiger partial charge in [0.2, 0.25) is 0 Å². The highest BCUT2D eigenvalue weighted by Gasteiger charge is 2.56. The minimum Gasteiger partial charge on any atom is -0.0655 e. The van der Waals surface area contributed by atoms with Gasteiger partial charge in [-0.25, -0.2) is 0 Å². The first-order valence-electron chi connectivity index (χ1n) is 9.47. The Bertz CT molecular complexity index is 520. The zero-order valence-corrected chi connectivity index (χ0v) is 14.5. The topological polar surface area (TPSA) is 0 Å². The van der Waals surface area contributed by atoms with Crippen LogP contribution >= 0.6 is 0 Å². The van der Waals surface area contributed by atoms with Crippen molar-refractivity contribution in [2.24, 2.45) is 23.2 Å².